The quantitative estimate of drug-likeness (QED) is 0.801. The highest BCUT2D eigenvalue weighted by atomic mass is 79.9. The zero-order valence-electron chi connectivity index (χ0n) is 12.8. The van der Waals surface area contributed by atoms with Crippen LogP contribution < -0.4 is 10.1 Å². The standard InChI is InChI=1S/C18H18BrNO2/c1-12-4-7-16(13(2)10-12)20-18(21)9-6-14-5-8-17(22-3)15(19)11-14/h4-11H,1-3H3,(H,20,21)/b9-6+. The zero-order chi connectivity index (χ0) is 16.1. The van der Waals surface area contributed by atoms with Crippen LogP contribution in [0.4, 0.5) is 5.69 Å². The number of methoxy groups -OCH3 is 1. The third-order valence-electron chi connectivity index (χ3n) is 3.24. The Morgan fingerprint density at radius 2 is 1.95 bits per heavy atom. The average molecular weight is 360 g/mol. The summed E-state index contributed by atoms with van der Waals surface area (Å²) in [6.07, 6.45) is 3.29. The number of anilines is 1. The van der Waals surface area contributed by atoms with E-state index < -0.39 is 0 Å². The van der Waals surface area contributed by atoms with Crippen molar-refractivity contribution in [3.05, 3.63) is 63.6 Å². The molecule has 0 saturated heterocycles. The van der Waals surface area contributed by atoms with Gasteiger partial charge in [0.1, 0.15) is 5.75 Å². The smallest absolute Gasteiger partial charge is 0.248 e. The monoisotopic (exact) mass is 359 g/mol. The van der Waals surface area contributed by atoms with Gasteiger partial charge in [0, 0.05) is 11.8 Å². The Hall–Kier alpha value is -2.07. The lowest BCUT2D eigenvalue weighted by Gasteiger charge is -2.07. The summed E-state index contributed by atoms with van der Waals surface area (Å²) in [6.45, 7) is 4.01. The van der Waals surface area contributed by atoms with E-state index in [0.29, 0.717) is 0 Å². The van der Waals surface area contributed by atoms with Gasteiger partial charge in [-0.3, -0.25) is 4.79 Å². The minimum atomic E-state index is -0.154. The number of carbonyl (C=O) groups is 1. The molecule has 1 amide bonds. The number of rotatable bonds is 4. The summed E-state index contributed by atoms with van der Waals surface area (Å²) in [6, 6.07) is 11.6. The molecule has 0 aliphatic heterocycles. The zero-order valence-corrected chi connectivity index (χ0v) is 14.4. The number of amides is 1. The van der Waals surface area contributed by atoms with Gasteiger partial charge in [-0.15, -0.1) is 0 Å². The van der Waals surface area contributed by atoms with Crippen LogP contribution in [0.5, 0.6) is 5.75 Å². The first-order valence-corrected chi connectivity index (χ1v) is 7.69. The van der Waals surface area contributed by atoms with Crippen LogP contribution in [0.15, 0.2) is 46.9 Å². The summed E-state index contributed by atoms with van der Waals surface area (Å²) >= 11 is 3.42. The van der Waals surface area contributed by atoms with Crippen LogP contribution in [0.3, 0.4) is 0 Å². The topological polar surface area (TPSA) is 38.3 Å². The van der Waals surface area contributed by atoms with Crippen LogP contribution in [0, 0.1) is 13.8 Å². The van der Waals surface area contributed by atoms with Crippen LogP contribution in [0.25, 0.3) is 6.08 Å². The minimum absolute atomic E-state index is 0.154. The lowest BCUT2D eigenvalue weighted by Crippen LogP contribution is -2.08. The van der Waals surface area contributed by atoms with E-state index in [-0.39, 0.29) is 5.91 Å². The number of halogens is 1. The molecule has 2 aromatic carbocycles. The van der Waals surface area contributed by atoms with Gasteiger partial charge >= 0.3 is 0 Å². The molecule has 1 N–H and O–H groups in total. The van der Waals surface area contributed by atoms with Gasteiger partial charge < -0.3 is 10.1 Å². The van der Waals surface area contributed by atoms with Crippen LogP contribution in [0.2, 0.25) is 0 Å². The van der Waals surface area contributed by atoms with Gasteiger partial charge in [-0.2, -0.15) is 0 Å². The maximum Gasteiger partial charge on any atom is 0.248 e. The van der Waals surface area contributed by atoms with E-state index in [1.54, 1.807) is 13.2 Å². The molecule has 0 atom stereocenters. The first-order chi connectivity index (χ1) is 10.5. The Kier molecular flexibility index (Phi) is 5.39. The molecule has 0 heterocycles. The first kappa shape index (κ1) is 16.3. The number of aryl methyl sites for hydroxylation is 2. The van der Waals surface area contributed by atoms with Crippen LogP contribution in [-0.4, -0.2) is 13.0 Å². The predicted molar refractivity (Wildman–Crippen MR) is 94.3 cm³/mol. The molecule has 0 aliphatic rings. The van der Waals surface area contributed by atoms with E-state index >= 15 is 0 Å². The maximum absolute atomic E-state index is 12.0. The van der Waals surface area contributed by atoms with Crippen molar-refractivity contribution >= 4 is 33.6 Å². The van der Waals surface area contributed by atoms with Gasteiger partial charge in [0.2, 0.25) is 5.91 Å². The SMILES string of the molecule is COc1ccc(/C=C/C(=O)Nc2ccc(C)cc2C)cc1Br. The normalized spacial score (nSPS) is 10.7. The number of carbonyl (C=O) groups excluding carboxylic acids is 1. The highest BCUT2D eigenvalue weighted by Crippen LogP contribution is 2.26. The molecule has 0 radical (unpaired) electrons. The Morgan fingerprint density at radius 1 is 1.18 bits per heavy atom. The van der Waals surface area contributed by atoms with Gasteiger partial charge in [0.15, 0.2) is 0 Å². The van der Waals surface area contributed by atoms with Crippen molar-refractivity contribution in [3.63, 3.8) is 0 Å². The Labute approximate surface area is 139 Å². The fraction of sp³-hybridized carbons (Fsp3) is 0.167. The Bertz CT molecular complexity index is 723. The molecule has 3 nitrogen and oxygen atoms in total. The third kappa shape index (κ3) is 4.21. The molecule has 0 aromatic heterocycles. The van der Waals surface area contributed by atoms with E-state index in [4.69, 9.17) is 4.74 Å². The fourth-order valence-electron chi connectivity index (χ4n) is 2.09. The molecular weight excluding hydrogens is 342 g/mol. The predicted octanol–water partition coefficient (Wildman–Crippen LogP) is 4.73. The Morgan fingerprint density at radius 3 is 2.59 bits per heavy atom. The molecule has 0 spiro atoms. The van der Waals surface area contributed by atoms with E-state index in [0.717, 1.165) is 27.0 Å². The molecule has 22 heavy (non-hydrogen) atoms. The van der Waals surface area contributed by atoms with Gasteiger partial charge in [-0.25, -0.2) is 0 Å². The molecule has 2 rings (SSSR count). The highest BCUT2D eigenvalue weighted by Gasteiger charge is 2.03. The number of nitrogens with one attached hydrogen (secondary N) is 1. The van der Waals surface area contributed by atoms with Crippen LogP contribution >= 0.6 is 15.9 Å². The second-order valence-corrected chi connectivity index (χ2v) is 5.89. The van der Waals surface area contributed by atoms with Crippen molar-refractivity contribution in [1.82, 2.24) is 0 Å². The van der Waals surface area contributed by atoms with Gasteiger partial charge in [-0.05, 0) is 65.2 Å². The number of benzene rings is 2. The molecule has 0 aliphatic carbocycles. The highest BCUT2D eigenvalue weighted by molar-refractivity contribution is 9.10. The van der Waals surface area contributed by atoms with Crippen molar-refractivity contribution in [2.45, 2.75) is 13.8 Å². The van der Waals surface area contributed by atoms with Gasteiger partial charge in [0.05, 0.1) is 11.6 Å². The summed E-state index contributed by atoms with van der Waals surface area (Å²) in [5.41, 5.74) is 3.97. The first-order valence-electron chi connectivity index (χ1n) is 6.89. The third-order valence-corrected chi connectivity index (χ3v) is 3.86. The van der Waals surface area contributed by atoms with Crippen LogP contribution in [-0.2, 0) is 4.79 Å². The summed E-state index contributed by atoms with van der Waals surface area (Å²) in [5, 5.41) is 2.88. The molecule has 0 fully saturated rings. The minimum Gasteiger partial charge on any atom is -0.496 e. The molecule has 0 unspecified atom stereocenters. The molecular formula is C18H18BrNO2. The lowest BCUT2D eigenvalue weighted by molar-refractivity contribution is -0.111. The van der Waals surface area contributed by atoms with Crippen molar-refractivity contribution < 1.29 is 9.53 Å². The van der Waals surface area contributed by atoms with Crippen molar-refractivity contribution in [1.29, 1.82) is 0 Å². The van der Waals surface area contributed by atoms with E-state index in [9.17, 15) is 4.79 Å². The van der Waals surface area contributed by atoms with Crippen LogP contribution in [0.1, 0.15) is 16.7 Å². The fourth-order valence-corrected chi connectivity index (χ4v) is 2.64. The van der Waals surface area contributed by atoms with E-state index in [1.165, 1.54) is 11.6 Å². The molecule has 4 heteroatoms. The summed E-state index contributed by atoms with van der Waals surface area (Å²) in [7, 11) is 1.62. The van der Waals surface area contributed by atoms with Crippen molar-refractivity contribution in [2.75, 3.05) is 12.4 Å². The summed E-state index contributed by atoms with van der Waals surface area (Å²) in [5.74, 6) is 0.607. The largest absolute Gasteiger partial charge is 0.496 e. The number of hydrogen-bond acceptors (Lipinski definition) is 2. The molecule has 114 valence electrons. The van der Waals surface area contributed by atoms with Crippen molar-refractivity contribution in [3.8, 4) is 5.75 Å². The second kappa shape index (κ2) is 7.27. The van der Waals surface area contributed by atoms with E-state index in [1.807, 2.05) is 50.2 Å². The van der Waals surface area contributed by atoms with Gasteiger partial charge in [0.25, 0.3) is 0 Å². The second-order valence-electron chi connectivity index (χ2n) is 5.03. The maximum atomic E-state index is 12.0. The summed E-state index contributed by atoms with van der Waals surface area (Å²) in [4.78, 5) is 12.0. The summed E-state index contributed by atoms with van der Waals surface area (Å²) < 4.78 is 6.03. The number of ether oxygens (including phenoxy) is 1. The van der Waals surface area contributed by atoms with E-state index in [2.05, 4.69) is 21.2 Å². The molecule has 0 saturated carbocycles. The van der Waals surface area contributed by atoms with Crippen molar-refractivity contribution in [2.24, 2.45) is 0 Å². The average Bonchev–Trinajstić information content (AvgIpc) is 2.48. The lowest BCUT2D eigenvalue weighted by atomic mass is 10.1. The number of hydrogen-bond donors (Lipinski definition) is 1. The molecule has 2 aromatic rings. The van der Waals surface area contributed by atoms with Gasteiger partial charge in [-0.1, -0.05) is 23.8 Å². The Balaban J connectivity index is 2.06. The molecule has 0 bridgehead atoms.